The van der Waals surface area contributed by atoms with E-state index in [1.54, 1.807) is 17.8 Å². The Bertz CT molecular complexity index is 972. The molecule has 2 aliphatic carbocycles. The first-order valence-corrected chi connectivity index (χ1v) is 14.0. The van der Waals surface area contributed by atoms with Gasteiger partial charge < -0.3 is 15.1 Å². The zero-order valence-corrected chi connectivity index (χ0v) is 22.0. The second kappa shape index (κ2) is 10.5. The van der Waals surface area contributed by atoms with Crippen molar-refractivity contribution in [3.63, 3.8) is 0 Å². The van der Waals surface area contributed by atoms with Crippen LogP contribution in [0.4, 0.5) is 0 Å². The van der Waals surface area contributed by atoms with Gasteiger partial charge in [-0.05, 0) is 38.7 Å². The van der Waals surface area contributed by atoms with Crippen LogP contribution < -0.4 is 5.32 Å². The molecule has 4 aliphatic rings. The number of nitrogens with zero attached hydrogens (tertiary/aromatic N) is 5. The maximum absolute atomic E-state index is 13.3. The molecule has 0 aromatic carbocycles. The summed E-state index contributed by atoms with van der Waals surface area (Å²) in [4.78, 5) is 45.6. The predicted octanol–water partition coefficient (Wildman–Crippen LogP) is 2.20. The lowest BCUT2D eigenvalue weighted by atomic mass is 9.92. The highest BCUT2D eigenvalue weighted by molar-refractivity contribution is 5.99. The number of fused-ring (bicyclic) bond motifs is 1. The van der Waals surface area contributed by atoms with Crippen molar-refractivity contribution in [2.75, 3.05) is 33.2 Å². The van der Waals surface area contributed by atoms with E-state index in [1.807, 2.05) is 11.8 Å². The predicted molar refractivity (Wildman–Crippen MR) is 136 cm³/mol. The Kier molecular flexibility index (Phi) is 7.37. The van der Waals surface area contributed by atoms with Crippen LogP contribution in [0.3, 0.4) is 0 Å². The minimum atomic E-state index is -1.01. The molecule has 0 radical (unpaired) electrons. The van der Waals surface area contributed by atoms with E-state index in [0.29, 0.717) is 17.4 Å². The summed E-state index contributed by atoms with van der Waals surface area (Å²) in [6, 6.07) is 2.59. The Labute approximate surface area is 214 Å². The molecule has 3 fully saturated rings. The SMILES string of the molecule is CN1C(=O)c2cc(CC(=O)N3CCN(C4CCCCC4)CC3)nn2CC1(C)C(=O)NC1CCCCC1. The van der Waals surface area contributed by atoms with E-state index in [-0.39, 0.29) is 36.7 Å². The van der Waals surface area contributed by atoms with Crippen molar-refractivity contribution in [2.24, 2.45) is 0 Å². The van der Waals surface area contributed by atoms with Crippen LogP contribution in [0.25, 0.3) is 0 Å². The molecule has 1 N–H and O–H groups in total. The molecule has 36 heavy (non-hydrogen) atoms. The molecule has 0 spiro atoms. The third-order valence-electron chi connectivity index (χ3n) is 9.07. The van der Waals surface area contributed by atoms with Gasteiger partial charge in [0.05, 0.1) is 18.7 Å². The average Bonchev–Trinajstić information content (AvgIpc) is 3.30. The van der Waals surface area contributed by atoms with E-state index >= 15 is 0 Å². The van der Waals surface area contributed by atoms with E-state index in [4.69, 9.17) is 0 Å². The normalized spacial score (nSPS) is 26.7. The largest absolute Gasteiger partial charge is 0.351 e. The van der Waals surface area contributed by atoms with Gasteiger partial charge in [-0.15, -0.1) is 0 Å². The number of amides is 3. The maximum atomic E-state index is 13.3. The van der Waals surface area contributed by atoms with Gasteiger partial charge in [0.15, 0.2) is 0 Å². The Morgan fingerprint density at radius 1 is 1.00 bits per heavy atom. The number of hydrogen-bond acceptors (Lipinski definition) is 5. The van der Waals surface area contributed by atoms with E-state index in [2.05, 4.69) is 15.3 Å². The van der Waals surface area contributed by atoms with Gasteiger partial charge in [-0.3, -0.25) is 24.0 Å². The fourth-order valence-electron chi connectivity index (χ4n) is 6.50. The molecular formula is C27H42N6O3. The molecule has 198 valence electrons. The van der Waals surface area contributed by atoms with Crippen molar-refractivity contribution in [1.29, 1.82) is 0 Å². The van der Waals surface area contributed by atoms with Crippen molar-refractivity contribution in [3.05, 3.63) is 17.5 Å². The van der Waals surface area contributed by atoms with Crippen molar-refractivity contribution >= 4 is 17.7 Å². The highest BCUT2D eigenvalue weighted by Gasteiger charge is 2.46. The van der Waals surface area contributed by atoms with Gasteiger partial charge in [-0.1, -0.05) is 38.5 Å². The maximum Gasteiger partial charge on any atom is 0.272 e. The molecule has 9 nitrogen and oxygen atoms in total. The second-order valence-electron chi connectivity index (χ2n) is 11.5. The minimum Gasteiger partial charge on any atom is -0.351 e. The van der Waals surface area contributed by atoms with Gasteiger partial charge in [-0.2, -0.15) is 5.10 Å². The van der Waals surface area contributed by atoms with Crippen molar-refractivity contribution in [1.82, 2.24) is 29.8 Å². The first-order valence-electron chi connectivity index (χ1n) is 14.0. The van der Waals surface area contributed by atoms with Crippen LogP contribution in [-0.4, -0.2) is 93.1 Å². The van der Waals surface area contributed by atoms with E-state index < -0.39 is 5.54 Å². The molecular weight excluding hydrogens is 456 g/mol. The summed E-state index contributed by atoms with van der Waals surface area (Å²) in [6.45, 7) is 5.48. The topological polar surface area (TPSA) is 90.8 Å². The zero-order valence-electron chi connectivity index (χ0n) is 22.0. The molecule has 9 heteroatoms. The summed E-state index contributed by atoms with van der Waals surface area (Å²) in [7, 11) is 1.69. The number of carbonyl (C=O) groups is 3. The number of hydrogen-bond donors (Lipinski definition) is 1. The number of nitrogens with one attached hydrogen (secondary N) is 1. The average molecular weight is 499 g/mol. The summed E-state index contributed by atoms with van der Waals surface area (Å²) >= 11 is 0. The molecule has 1 saturated heterocycles. The summed E-state index contributed by atoms with van der Waals surface area (Å²) in [5.74, 6) is -0.290. The quantitative estimate of drug-likeness (QED) is 0.672. The van der Waals surface area contributed by atoms with Crippen LogP contribution in [0.2, 0.25) is 0 Å². The standard InChI is InChI=1S/C27H42N6O3/c1-27(26(36)28-20-9-5-3-6-10-20)19-33-23(25(35)30(27)2)17-21(29-33)18-24(34)32-15-13-31(14-16-32)22-11-7-4-8-12-22/h17,20,22H,3-16,18-19H2,1-2H3,(H,28,36). The van der Waals surface area contributed by atoms with Gasteiger partial charge >= 0.3 is 0 Å². The van der Waals surface area contributed by atoms with E-state index in [1.165, 1.54) is 43.4 Å². The van der Waals surface area contributed by atoms with E-state index in [9.17, 15) is 14.4 Å². The number of rotatable bonds is 5. The minimum absolute atomic E-state index is 0.0624. The van der Waals surface area contributed by atoms with Crippen LogP contribution in [0.5, 0.6) is 0 Å². The van der Waals surface area contributed by atoms with Crippen molar-refractivity contribution < 1.29 is 14.4 Å². The molecule has 1 aromatic heterocycles. The molecule has 1 aromatic rings. The summed E-state index contributed by atoms with van der Waals surface area (Å²) < 4.78 is 1.63. The summed E-state index contributed by atoms with van der Waals surface area (Å²) in [5.41, 5.74) is 0.0401. The summed E-state index contributed by atoms with van der Waals surface area (Å²) in [5, 5.41) is 7.80. The fraction of sp³-hybridized carbons (Fsp3) is 0.778. The Morgan fingerprint density at radius 2 is 1.64 bits per heavy atom. The number of likely N-dealkylation sites (N-methyl/N-ethyl adjacent to an activating group) is 1. The lowest BCUT2D eigenvalue weighted by Crippen LogP contribution is -2.63. The van der Waals surface area contributed by atoms with Crippen LogP contribution in [-0.2, 0) is 22.6 Å². The van der Waals surface area contributed by atoms with Crippen molar-refractivity contribution in [2.45, 2.75) is 102 Å². The first-order chi connectivity index (χ1) is 17.3. The lowest BCUT2D eigenvalue weighted by Gasteiger charge is -2.42. The van der Waals surface area contributed by atoms with Crippen LogP contribution in [0, 0.1) is 0 Å². The number of aromatic nitrogens is 2. The lowest BCUT2D eigenvalue weighted by molar-refractivity contribution is -0.133. The fourth-order valence-corrected chi connectivity index (χ4v) is 6.50. The molecule has 2 aliphatic heterocycles. The highest BCUT2D eigenvalue weighted by atomic mass is 16.2. The molecule has 0 bridgehead atoms. The van der Waals surface area contributed by atoms with Crippen LogP contribution in [0.1, 0.15) is 87.3 Å². The first kappa shape index (κ1) is 25.2. The highest BCUT2D eigenvalue weighted by Crippen LogP contribution is 2.28. The van der Waals surface area contributed by atoms with Gasteiger partial charge in [-0.25, -0.2) is 0 Å². The Balaban J connectivity index is 1.20. The van der Waals surface area contributed by atoms with Crippen molar-refractivity contribution in [3.8, 4) is 0 Å². The second-order valence-corrected chi connectivity index (χ2v) is 11.5. The smallest absolute Gasteiger partial charge is 0.272 e. The molecule has 5 rings (SSSR count). The monoisotopic (exact) mass is 498 g/mol. The number of carbonyl (C=O) groups excluding carboxylic acids is 3. The van der Waals surface area contributed by atoms with Gasteiger partial charge in [0.2, 0.25) is 11.8 Å². The third kappa shape index (κ3) is 5.04. The molecule has 3 amide bonds. The molecule has 3 heterocycles. The molecule has 1 unspecified atom stereocenters. The van der Waals surface area contributed by atoms with Gasteiger partial charge in [0.1, 0.15) is 11.2 Å². The van der Waals surface area contributed by atoms with Gasteiger partial charge in [0.25, 0.3) is 5.91 Å². The zero-order chi connectivity index (χ0) is 25.3. The molecule has 1 atom stereocenters. The number of piperazine rings is 1. The third-order valence-corrected chi connectivity index (χ3v) is 9.07. The Morgan fingerprint density at radius 3 is 2.31 bits per heavy atom. The Hall–Kier alpha value is -2.42. The van der Waals surface area contributed by atoms with Crippen LogP contribution >= 0.6 is 0 Å². The van der Waals surface area contributed by atoms with E-state index in [0.717, 1.165) is 51.9 Å². The summed E-state index contributed by atoms with van der Waals surface area (Å²) in [6.07, 6.45) is 12.2. The van der Waals surface area contributed by atoms with Crippen LogP contribution in [0.15, 0.2) is 6.07 Å². The van der Waals surface area contributed by atoms with Gasteiger partial charge in [0, 0.05) is 45.3 Å². The molecule has 2 saturated carbocycles.